The fraction of sp³-hybridized carbons (Fsp3) is 0.531. The summed E-state index contributed by atoms with van der Waals surface area (Å²) in [5.74, 6) is 1.50. The van der Waals surface area contributed by atoms with Crippen molar-refractivity contribution in [2.75, 3.05) is 38.4 Å². The second-order valence-corrected chi connectivity index (χ2v) is 12.6. The number of methoxy groups -OCH3 is 1. The predicted molar refractivity (Wildman–Crippen MR) is 170 cm³/mol. The number of amides is 1. The maximum absolute atomic E-state index is 12.9. The molecule has 1 amide bonds. The molecule has 3 saturated heterocycles. The number of rotatable bonds is 8. The van der Waals surface area contributed by atoms with E-state index in [0.717, 1.165) is 31.5 Å². The summed E-state index contributed by atoms with van der Waals surface area (Å²) in [4.78, 5) is 32.0. The van der Waals surface area contributed by atoms with Gasteiger partial charge in [-0.3, -0.25) is 21.2 Å². The fourth-order valence-corrected chi connectivity index (χ4v) is 7.30. The lowest BCUT2D eigenvalue weighted by molar-refractivity contribution is -0.141. The Morgan fingerprint density at radius 2 is 2.11 bits per heavy atom. The van der Waals surface area contributed by atoms with E-state index in [9.17, 15) is 14.7 Å². The Bertz CT molecular complexity index is 1610. The zero-order valence-corrected chi connectivity index (χ0v) is 26.7. The van der Waals surface area contributed by atoms with Gasteiger partial charge in [0.2, 0.25) is 17.6 Å². The number of carbonyl (C=O) groups excluding carboxylic acids is 2. The number of carbonyl (C=O) groups is 2. The first-order chi connectivity index (χ1) is 22.7. The molecule has 7 rings (SSSR count). The Labute approximate surface area is 272 Å². The molecule has 1 aromatic carbocycles. The van der Waals surface area contributed by atoms with Crippen molar-refractivity contribution in [1.29, 1.82) is 0 Å². The number of aromatic nitrogens is 2. The van der Waals surface area contributed by atoms with E-state index in [1.165, 1.54) is 0 Å². The highest BCUT2D eigenvalue weighted by molar-refractivity contribution is 5.96. The van der Waals surface area contributed by atoms with E-state index in [4.69, 9.17) is 24.7 Å². The van der Waals surface area contributed by atoms with Crippen molar-refractivity contribution in [2.24, 2.45) is 11.7 Å². The Hall–Kier alpha value is -4.15. The van der Waals surface area contributed by atoms with E-state index >= 15 is 0 Å². The molecule has 5 aliphatic rings. The first-order valence-corrected chi connectivity index (χ1v) is 16.1. The zero-order chi connectivity index (χ0) is 32.9. The standard InChI is InChI=1S/C32H42N8O7/c1-4-45-29(42)22-13-17(7-11-39-12-10-35-31(39)40-16-36-25-27(40)37-30(33)38-28(25)41)24-21(46-22)15-20-19(26(24)44-3)14-23(47-20)32(2,43)18-5-8-34-9-6-18/h7,10,12-13,15,18,23,25,27,30,34,36-37,43H,4-6,8-9,11,14,16,33H2,1-3H3,(H,38,41)/b17-7+/t23-,25+,27-,30+,32+/m0/s1. The van der Waals surface area contributed by atoms with Crippen molar-refractivity contribution in [3.05, 3.63) is 47.5 Å². The average molecular weight is 651 g/mol. The molecule has 0 bridgehead atoms. The maximum Gasteiger partial charge on any atom is 0.374 e. The molecular weight excluding hydrogens is 608 g/mol. The van der Waals surface area contributed by atoms with Crippen LogP contribution in [0.3, 0.4) is 0 Å². The second kappa shape index (κ2) is 12.5. The van der Waals surface area contributed by atoms with Gasteiger partial charge in [-0.25, -0.2) is 9.78 Å². The number of imidazole rings is 1. The summed E-state index contributed by atoms with van der Waals surface area (Å²) in [7, 11) is 1.60. The van der Waals surface area contributed by atoms with Crippen LogP contribution < -0.4 is 46.1 Å². The molecule has 15 nitrogen and oxygen atoms in total. The summed E-state index contributed by atoms with van der Waals surface area (Å²) in [5, 5.41) is 24.2. The molecule has 5 atom stereocenters. The number of esters is 1. The molecule has 0 aliphatic carbocycles. The molecule has 0 saturated carbocycles. The minimum Gasteiger partial charge on any atom is -0.496 e. The molecule has 1 aromatic heterocycles. The van der Waals surface area contributed by atoms with Crippen LogP contribution in [0.1, 0.15) is 37.8 Å². The lowest BCUT2D eigenvalue weighted by atomic mass is 9.77. The number of aliphatic hydroxyl groups is 1. The van der Waals surface area contributed by atoms with Gasteiger partial charge >= 0.3 is 5.97 Å². The third kappa shape index (κ3) is 5.61. The Morgan fingerprint density at radius 1 is 1.30 bits per heavy atom. The molecule has 3 fully saturated rings. The van der Waals surface area contributed by atoms with Crippen molar-refractivity contribution in [3.8, 4) is 17.2 Å². The van der Waals surface area contributed by atoms with E-state index in [1.807, 2.05) is 28.7 Å². The lowest BCUT2D eigenvalue weighted by Crippen LogP contribution is -2.70. The molecule has 6 heterocycles. The van der Waals surface area contributed by atoms with Gasteiger partial charge in [-0.2, -0.15) is 0 Å². The number of fused-ring (bicyclic) bond motifs is 3. The maximum atomic E-state index is 12.9. The van der Waals surface area contributed by atoms with Gasteiger partial charge in [0.05, 0.1) is 25.9 Å². The topological polar surface area (TPSA) is 186 Å². The third-order valence-corrected chi connectivity index (χ3v) is 9.78. The number of nitrogens with zero attached hydrogens (tertiary/aromatic N) is 3. The smallest absolute Gasteiger partial charge is 0.374 e. The van der Waals surface area contributed by atoms with Gasteiger partial charge in [-0.1, -0.05) is 6.08 Å². The molecule has 0 radical (unpaired) electrons. The van der Waals surface area contributed by atoms with Crippen LogP contribution in [0.4, 0.5) is 5.95 Å². The predicted octanol–water partition coefficient (Wildman–Crippen LogP) is -0.108. The minimum atomic E-state index is -1.06. The van der Waals surface area contributed by atoms with Crippen molar-refractivity contribution >= 4 is 23.4 Å². The van der Waals surface area contributed by atoms with Crippen molar-refractivity contribution in [1.82, 2.24) is 30.8 Å². The van der Waals surface area contributed by atoms with Crippen LogP contribution in [-0.2, 0) is 27.3 Å². The van der Waals surface area contributed by atoms with E-state index in [0.29, 0.717) is 54.0 Å². The highest BCUT2D eigenvalue weighted by Gasteiger charge is 2.47. The zero-order valence-electron chi connectivity index (χ0n) is 26.7. The highest BCUT2D eigenvalue weighted by Crippen LogP contribution is 2.51. The lowest BCUT2D eigenvalue weighted by Gasteiger charge is -2.39. The van der Waals surface area contributed by atoms with Gasteiger partial charge in [0.1, 0.15) is 47.5 Å². The first kappa shape index (κ1) is 31.4. The average Bonchev–Trinajstić information content (AvgIpc) is 3.81. The van der Waals surface area contributed by atoms with Crippen LogP contribution in [0.2, 0.25) is 0 Å². The number of nitrogens with one attached hydrogen (secondary N) is 4. The van der Waals surface area contributed by atoms with E-state index < -0.39 is 30.0 Å². The van der Waals surface area contributed by atoms with Crippen LogP contribution in [0, 0.1) is 5.92 Å². The molecule has 0 unspecified atom stereocenters. The number of ether oxygens (including phenoxy) is 4. The SMILES string of the molecule is CCOC(=O)C1=C/C(=C\Cn2ccnc2N2CN[C@H]3C(=O)N[C@H](N)N[C@H]32)c2c(cc3c(c2OC)C[C@@H]([C@](C)(O)C2CCNCC2)O3)O1. The van der Waals surface area contributed by atoms with Gasteiger partial charge in [-0.05, 0) is 57.3 Å². The summed E-state index contributed by atoms with van der Waals surface area (Å²) >= 11 is 0. The minimum absolute atomic E-state index is 0.0349. The summed E-state index contributed by atoms with van der Waals surface area (Å²) in [6.07, 6.45) is 7.81. The Balaban J connectivity index is 1.22. The van der Waals surface area contributed by atoms with Crippen molar-refractivity contribution < 1.29 is 33.6 Å². The molecular formula is C32H42N8O7. The quantitative estimate of drug-likeness (QED) is 0.208. The normalized spacial score (nSPS) is 27.5. The molecule has 0 spiro atoms. The number of nitrogens with two attached hydrogens (primary N) is 1. The number of anilines is 1. The van der Waals surface area contributed by atoms with Crippen molar-refractivity contribution in [2.45, 2.75) is 69.9 Å². The number of hydrogen-bond acceptors (Lipinski definition) is 13. The summed E-state index contributed by atoms with van der Waals surface area (Å²) in [6.45, 7) is 6.26. The monoisotopic (exact) mass is 650 g/mol. The molecule has 7 N–H and O–H groups in total. The van der Waals surface area contributed by atoms with Gasteiger partial charge < -0.3 is 44.2 Å². The largest absolute Gasteiger partial charge is 0.496 e. The first-order valence-electron chi connectivity index (χ1n) is 16.1. The van der Waals surface area contributed by atoms with E-state index in [-0.39, 0.29) is 30.4 Å². The highest BCUT2D eigenvalue weighted by atomic mass is 16.6. The Kier molecular flexibility index (Phi) is 8.34. The van der Waals surface area contributed by atoms with Gasteiger partial charge in [0.25, 0.3) is 0 Å². The number of piperidine rings is 1. The summed E-state index contributed by atoms with van der Waals surface area (Å²) in [6, 6.07) is 1.29. The number of benzene rings is 1. The van der Waals surface area contributed by atoms with Crippen molar-refractivity contribution in [3.63, 3.8) is 0 Å². The van der Waals surface area contributed by atoms with E-state index in [1.54, 1.807) is 32.4 Å². The van der Waals surface area contributed by atoms with Gasteiger partial charge in [-0.15, -0.1) is 0 Å². The molecule has 5 aliphatic heterocycles. The number of allylic oxidation sites excluding steroid dienone is 3. The molecule has 252 valence electrons. The third-order valence-electron chi connectivity index (χ3n) is 9.78. The second-order valence-electron chi connectivity index (χ2n) is 12.6. The molecule has 2 aromatic rings. The van der Waals surface area contributed by atoms with Crippen LogP contribution in [-0.4, -0.2) is 90.2 Å². The molecule has 15 heteroatoms. The molecule has 47 heavy (non-hydrogen) atoms. The van der Waals surface area contributed by atoms with Crippen LogP contribution in [0.25, 0.3) is 5.57 Å². The fourth-order valence-electron chi connectivity index (χ4n) is 7.30. The van der Waals surface area contributed by atoms with Crippen LogP contribution in [0.5, 0.6) is 17.2 Å². The summed E-state index contributed by atoms with van der Waals surface area (Å²) < 4.78 is 25.8. The Morgan fingerprint density at radius 3 is 2.87 bits per heavy atom. The summed E-state index contributed by atoms with van der Waals surface area (Å²) in [5.41, 5.74) is 7.15. The van der Waals surface area contributed by atoms with E-state index in [2.05, 4.69) is 26.3 Å². The van der Waals surface area contributed by atoms with Gasteiger partial charge in [0.15, 0.2) is 0 Å². The van der Waals surface area contributed by atoms with Crippen LogP contribution >= 0.6 is 0 Å². The van der Waals surface area contributed by atoms with Crippen LogP contribution in [0.15, 0.2) is 36.4 Å². The number of hydrogen-bond donors (Lipinski definition) is 6. The van der Waals surface area contributed by atoms with Gasteiger partial charge in [0, 0.05) is 37.0 Å².